The summed E-state index contributed by atoms with van der Waals surface area (Å²) in [6.45, 7) is 1.58. The number of benzene rings is 1. The number of anilines is 1. The van der Waals surface area contributed by atoms with E-state index in [2.05, 4.69) is 5.32 Å². The van der Waals surface area contributed by atoms with Gasteiger partial charge in [-0.2, -0.15) is 0 Å². The lowest BCUT2D eigenvalue weighted by Crippen LogP contribution is -2.09. The number of rotatable bonds is 4. The molecule has 0 saturated carbocycles. The van der Waals surface area contributed by atoms with Crippen molar-refractivity contribution >= 4 is 23.3 Å². The first-order valence-electron chi connectivity index (χ1n) is 4.87. The summed E-state index contributed by atoms with van der Waals surface area (Å²) in [7, 11) is 0. The van der Waals surface area contributed by atoms with Gasteiger partial charge in [0.15, 0.2) is 0 Å². The van der Waals surface area contributed by atoms with Crippen LogP contribution in [0.15, 0.2) is 30.4 Å². The number of nitro benzene ring substituents is 1. The second kappa shape index (κ2) is 5.58. The number of carbonyl (C=O) groups excluding carboxylic acids is 1. The van der Waals surface area contributed by atoms with E-state index in [9.17, 15) is 19.7 Å². The summed E-state index contributed by atoms with van der Waals surface area (Å²) in [5.41, 5.74) is 0.585. The number of nitro groups is 1. The maximum atomic E-state index is 11.3. The molecule has 1 rings (SSSR count). The molecule has 0 aromatic heterocycles. The molecule has 7 heteroatoms. The Bertz CT molecular complexity index is 536. The Morgan fingerprint density at radius 1 is 1.39 bits per heavy atom. The second-order valence-corrected chi connectivity index (χ2v) is 3.42. The van der Waals surface area contributed by atoms with Crippen molar-refractivity contribution in [2.45, 2.75) is 6.92 Å². The summed E-state index contributed by atoms with van der Waals surface area (Å²) < 4.78 is 0. The highest BCUT2D eigenvalue weighted by Crippen LogP contribution is 2.22. The number of nitrogens with one attached hydrogen (secondary N) is 1. The van der Waals surface area contributed by atoms with E-state index in [1.807, 2.05) is 0 Å². The number of carboxylic acids is 1. The van der Waals surface area contributed by atoms with E-state index in [0.717, 1.165) is 6.08 Å². The molecule has 0 unspecified atom stereocenters. The minimum absolute atomic E-state index is 0.116. The Balaban J connectivity index is 2.86. The highest BCUT2D eigenvalue weighted by molar-refractivity contribution is 6.02. The number of carbonyl (C=O) groups is 2. The number of aryl methyl sites for hydroxylation is 1. The van der Waals surface area contributed by atoms with Crippen molar-refractivity contribution in [2.75, 3.05) is 5.32 Å². The molecule has 94 valence electrons. The minimum Gasteiger partial charge on any atom is -0.478 e. The van der Waals surface area contributed by atoms with Crippen molar-refractivity contribution in [1.82, 2.24) is 0 Å². The molecule has 0 heterocycles. The van der Waals surface area contributed by atoms with Crippen molar-refractivity contribution in [3.8, 4) is 0 Å². The molecule has 0 radical (unpaired) electrons. The largest absolute Gasteiger partial charge is 0.478 e. The van der Waals surface area contributed by atoms with Crippen LogP contribution in [0.2, 0.25) is 0 Å². The fourth-order valence-corrected chi connectivity index (χ4v) is 1.21. The predicted octanol–water partition coefficient (Wildman–Crippen LogP) is 1.48. The van der Waals surface area contributed by atoms with Crippen molar-refractivity contribution in [3.05, 3.63) is 46.0 Å². The number of nitrogens with zero attached hydrogens (tertiary/aromatic N) is 1. The Kier molecular flexibility index (Phi) is 4.14. The van der Waals surface area contributed by atoms with Crippen LogP contribution in [0.3, 0.4) is 0 Å². The van der Waals surface area contributed by atoms with Crippen molar-refractivity contribution in [3.63, 3.8) is 0 Å². The summed E-state index contributed by atoms with van der Waals surface area (Å²) in [5, 5.41) is 21.3. The SMILES string of the molecule is Cc1ccc(NC(=O)C=CC(=O)O)cc1[N+](=O)[O-]. The molecule has 0 bridgehead atoms. The van der Waals surface area contributed by atoms with Gasteiger partial charge in [-0.05, 0) is 13.0 Å². The topological polar surface area (TPSA) is 110 Å². The van der Waals surface area contributed by atoms with Gasteiger partial charge in [-0.25, -0.2) is 4.79 Å². The summed E-state index contributed by atoms with van der Waals surface area (Å²) in [5.74, 6) is -1.92. The van der Waals surface area contributed by atoms with Gasteiger partial charge in [0.05, 0.1) is 4.92 Å². The molecule has 0 aliphatic carbocycles. The molecule has 2 N–H and O–H groups in total. The molecular weight excluding hydrogens is 240 g/mol. The van der Waals surface area contributed by atoms with Crippen molar-refractivity contribution in [1.29, 1.82) is 0 Å². The highest BCUT2D eigenvalue weighted by atomic mass is 16.6. The van der Waals surface area contributed by atoms with Gasteiger partial charge in [-0.3, -0.25) is 14.9 Å². The third-order valence-corrected chi connectivity index (χ3v) is 2.05. The molecule has 0 atom stereocenters. The molecule has 0 aliphatic rings. The maximum absolute atomic E-state index is 11.3. The molecular formula is C11H10N2O5. The number of hydrogen-bond acceptors (Lipinski definition) is 4. The minimum atomic E-state index is -1.25. The molecule has 0 saturated heterocycles. The van der Waals surface area contributed by atoms with E-state index in [4.69, 9.17) is 5.11 Å². The van der Waals surface area contributed by atoms with E-state index in [1.165, 1.54) is 18.2 Å². The number of aliphatic carboxylic acids is 1. The first kappa shape index (κ1) is 13.4. The van der Waals surface area contributed by atoms with Crippen LogP contribution in [0.1, 0.15) is 5.56 Å². The number of carboxylic acid groups (broad SMARTS) is 1. The third-order valence-electron chi connectivity index (χ3n) is 2.05. The quantitative estimate of drug-likeness (QED) is 0.477. The molecule has 0 aliphatic heterocycles. The van der Waals surface area contributed by atoms with E-state index in [1.54, 1.807) is 6.92 Å². The first-order valence-corrected chi connectivity index (χ1v) is 4.87. The average molecular weight is 250 g/mol. The zero-order valence-electron chi connectivity index (χ0n) is 9.41. The Hall–Kier alpha value is -2.70. The van der Waals surface area contributed by atoms with Crippen LogP contribution in [0.4, 0.5) is 11.4 Å². The Labute approximate surface area is 102 Å². The van der Waals surface area contributed by atoms with E-state index in [0.29, 0.717) is 11.6 Å². The predicted molar refractivity (Wildman–Crippen MR) is 63.2 cm³/mol. The summed E-state index contributed by atoms with van der Waals surface area (Å²) in [4.78, 5) is 31.6. The molecule has 0 spiro atoms. The van der Waals surface area contributed by atoms with Crippen LogP contribution < -0.4 is 5.32 Å². The average Bonchev–Trinajstić information content (AvgIpc) is 2.28. The van der Waals surface area contributed by atoms with E-state index < -0.39 is 16.8 Å². The lowest BCUT2D eigenvalue weighted by atomic mass is 10.2. The van der Waals surface area contributed by atoms with Gasteiger partial charge in [-0.15, -0.1) is 0 Å². The molecule has 18 heavy (non-hydrogen) atoms. The summed E-state index contributed by atoms with van der Waals surface area (Å²) in [6.07, 6.45) is 1.51. The lowest BCUT2D eigenvalue weighted by Gasteiger charge is -2.03. The van der Waals surface area contributed by atoms with Crippen molar-refractivity contribution in [2.24, 2.45) is 0 Å². The van der Waals surface area contributed by atoms with Crippen LogP contribution >= 0.6 is 0 Å². The number of amides is 1. The highest BCUT2D eigenvalue weighted by Gasteiger charge is 2.11. The molecule has 1 amide bonds. The zero-order valence-corrected chi connectivity index (χ0v) is 9.41. The zero-order chi connectivity index (χ0) is 13.7. The Morgan fingerprint density at radius 2 is 2.06 bits per heavy atom. The monoisotopic (exact) mass is 250 g/mol. The maximum Gasteiger partial charge on any atom is 0.328 e. The summed E-state index contributed by atoms with van der Waals surface area (Å²) in [6, 6.07) is 4.20. The second-order valence-electron chi connectivity index (χ2n) is 3.42. The molecule has 0 fully saturated rings. The van der Waals surface area contributed by atoms with Crippen LogP contribution in [0, 0.1) is 17.0 Å². The van der Waals surface area contributed by atoms with Gasteiger partial charge < -0.3 is 10.4 Å². The van der Waals surface area contributed by atoms with Gasteiger partial charge in [0.25, 0.3) is 5.69 Å². The number of hydrogen-bond donors (Lipinski definition) is 2. The third kappa shape index (κ3) is 3.71. The fourth-order valence-electron chi connectivity index (χ4n) is 1.21. The van der Waals surface area contributed by atoms with Gasteiger partial charge in [-0.1, -0.05) is 6.07 Å². The van der Waals surface area contributed by atoms with E-state index in [-0.39, 0.29) is 11.4 Å². The summed E-state index contributed by atoms with van der Waals surface area (Å²) >= 11 is 0. The first-order chi connectivity index (χ1) is 8.40. The lowest BCUT2D eigenvalue weighted by molar-refractivity contribution is -0.385. The molecule has 7 nitrogen and oxygen atoms in total. The molecule has 1 aromatic rings. The van der Waals surface area contributed by atoms with Crippen LogP contribution in [0.5, 0.6) is 0 Å². The fraction of sp³-hybridized carbons (Fsp3) is 0.0909. The van der Waals surface area contributed by atoms with Crippen molar-refractivity contribution < 1.29 is 19.6 Å². The normalized spacial score (nSPS) is 10.3. The molecule has 1 aromatic carbocycles. The van der Waals surface area contributed by atoms with Gasteiger partial charge in [0, 0.05) is 29.5 Å². The standard InChI is InChI=1S/C11H10N2O5/c1-7-2-3-8(6-9(7)13(17)18)12-10(14)4-5-11(15)16/h2-6H,1H3,(H,12,14)(H,15,16). The van der Waals surface area contributed by atoms with Gasteiger partial charge >= 0.3 is 5.97 Å². The van der Waals surface area contributed by atoms with Crippen LogP contribution in [-0.4, -0.2) is 21.9 Å². The smallest absolute Gasteiger partial charge is 0.328 e. The van der Waals surface area contributed by atoms with Gasteiger partial charge in [0.2, 0.25) is 5.91 Å². The van der Waals surface area contributed by atoms with E-state index >= 15 is 0 Å². The van der Waals surface area contributed by atoms with Crippen LogP contribution in [0.25, 0.3) is 0 Å². The van der Waals surface area contributed by atoms with Crippen LogP contribution in [-0.2, 0) is 9.59 Å². The van der Waals surface area contributed by atoms with Gasteiger partial charge in [0.1, 0.15) is 0 Å². The Morgan fingerprint density at radius 3 is 2.61 bits per heavy atom.